The van der Waals surface area contributed by atoms with E-state index in [1.807, 2.05) is 0 Å². The highest BCUT2D eigenvalue weighted by Gasteiger charge is 2.20. The molecule has 3 nitrogen and oxygen atoms in total. The predicted octanol–water partition coefficient (Wildman–Crippen LogP) is 2.72. The molecule has 0 spiro atoms. The highest BCUT2D eigenvalue weighted by atomic mass is 32.2. The average molecular weight is 267 g/mol. The maximum atomic E-state index is 5.55. The summed E-state index contributed by atoms with van der Waals surface area (Å²) in [6.07, 6.45) is 5.58. The molecule has 1 fully saturated rings. The maximum absolute atomic E-state index is 5.55. The zero-order chi connectivity index (χ0) is 13.0. The van der Waals surface area contributed by atoms with Gasteiger partial charge in [-0.1, -0.05) is 6.07 Å². The van der Waals surface area contributed by atoms with E-state index in [4.69, 9.17) is 9.47 Å². The molecule has 100 valence electrons. The van der Waals surface area contributed by atoms with Crippen LogP contribution in [0.5, 0.6) is 11.5 Å². The first-order valence-corrected chi connectivity index (χ1v) is 7.53. The summed E-state index contributed by atoms with van der Waals surface area (Å²) in [6, 6.07) is 4.85. The van der Waals surface area contributed by atoms with Crippen molar-refractivity contribution in [3.05, 3.63) is 17.7 Å². The molecule has 2 rings (SSSR count). The molecule has 0 amide bonds. The van der Waals surface area contributed by atoms with Crippen LogP contribution in [0, 0.1) is 0 Å². The quantitative estimate of drug-likeness (QED) is 0.831. The molecule has 1 saturated heterocycles. The van der Waals surface area contributed by atoms with Gasteiger partial charge in [-0.05, 0) is 43.7 Å². The van der Waals surface area contributed by atoms with Crippen LogP contribution >= 0.6 is 11.8 Å². The summed E-state index contributed by atoms with van der Waals surface area (Å²) in [5.41, 5.74) is 1.23. The number of thioether (sulfide) groups is 1. The van der Waals surface area contributed by atoms with Crippen molar-refractivity contribution in [2.75, 3.05) is 27.0 Å². The lowest BCUT2D eigenvalue weighted by Gasteiger charge is -2.17. The molecule has 1 aromatic carbocycles. The molecule has 1 aromatic rings. The Hall–Kier alpha value is -0.870. The van der Waals surface area contributed by atoms with Gasteiger partial charge in [0.25, 0.3) is 0 Å². The third-order valence-electron chi connectivity index (χ3n) is 3.41. The van der Waals surface area contributed by atoms with E-state index in [1.54, 1.807) is 26.0 Å². The summed E-state index contributed by atoms with van der Waals surface area (Å²) in [4.78, 5) is 1.12. The van der Waals surface area contributed by atoms with E-state index in [1.165, 1.54) is 18.4 Å². The fourth-order valence-corrected chi connectivity index (χ4v) is 3.09. The van der Waals surface area contributed by atoms with Crippen LogP contribution in [-0.4, -0.2) is 33.1 Å². The molecule has 0 bridgehead atoms. The minimum atomic E-state index is 0.573. The zero-order valence-corrected chi connectivity index (χ0v) is 12.1. The first kappa shape index (κ1) is 13.6. The van der Waals surface area contributed by atoms with Gasteiger partial charge in [0.05, 0.1) is 19.1 Å². The average Bonchev–Trinajstić information content (AvgIpc) is 2.90. The summed E-state index contributed by atoms with van der Waals surface area (Å²) in [6.45, 7) is 1.13. The number of hydrogen-bond acceptors (Lipinski definition) is 4. The number of ether oxygens (including phenoxy) is 2. The van der Waals surface area contributed by atoms with Crippen LogP contribution in [0.3, 0.4) is 0 Å². The van der Waals surface area contributed by atoms with Crippen molar-refractivity contribution in [1.82, 2.24) is 5.32 Å². The lowest BCUT2D eigenvalue weighted by molar-refractivity contribution is 0.343. The Morgan fingerprint density at radius 1 is 1.28 bits per heavy atom. The third-order valence-corrected chi connectivity index (χ3v) is 4.18. The Morgan fingerprint density at radius 2 is 2.06 bits per heavy atom. The Balaban J connectivity index is 2.28. The molecule has 1 N–H and O–H groups in total. The van der Waals surface area contributed by atoms with Crippen molar-refractivity contribution in [3.63, 3.8) is 0 Å². The minimum absolute atomic E-state index is 0.573. The van der Waals surface area contributed by atoms with Crippen molar-refractivity contribution in [3.8, 4) is 11.5 Å². The van der Waals surface area contributed by atoms with Crippen molar-refractivity contribution in [2.24, 2.45) is 0 Å². The Labute approximate surface area is 113 Å². The van der Waals surface area contributed by atoms with Gasteiger partial charge < -0.3 is 14.8 Å². The fourth-order valence-electron chi connectivity index (χ4n) is 2.52. The zero-order valence-electron chi connectivity index (χ0n) is 11.3. The van der Waals surface area contributed by atoms with Crippen LogP contribution in [0.15, 0.2) is 17.0 Å². The van der Waals surface area contributed by atoms with Gasteiger partial charge in [0.2, 0.25) is 0 Å². The smallest absolute Gasteiger partial charge is 0.174 e. The Bertz CT molecular complexity index is 403. The fraction of sp³-hybridized carbons (Fsp3) is 0.571. The Morgan fingerprint density at radius 3 is 2.61 bits per heavy atom. The van der Waals surface area contributed by atoms with Crippen LogP contribution in [-0.2, 0) is 6.42 Å². The molecule has 1 unspecified atom stereocenters. The molecule has 1 aliphatic rings. The predicted molar refractivity (Wildman–Crippen MR) is 76.1 cm³/mol. The van der Waals surface area contributed by atoms with Gasteiger partial charge in [0.1, 0.15) is 0 Å². The van der Waals surface area contributed by atoms with Gasteiger partial charge in [-0.2, -0.15) is 0 Å². The molecule has 0 radical (unpaired) electrons. The largest absolute Gasteiger partial charge is 0.493 e. The van der Waals surface area contributed by atoms with E-state index >= 15 is 0 Å². The van der Waals surface area contributed by atoms with Gasteiger partial charge in [0, 0.05) is 6.04 Å². The summed E-state index contributed by atoms with van der Waals surface area (Å²) >= 11 is 1.68. The van der Waals surface area contributed by atoms with E-state index < -0.39 is 0 Å². The lowest BCUT2D eigenvalue weighted by Crippen LogP contribution is -2.23. The van der Waals surface area contributed by atoms with Crippen LogP contribution < -0.4 is 14.8 Å². The normalized spacial score (nSPS) is 18.9. The molecule has 1 atom stereocenters. The van der Waals surface area contributed by atoms with E-state index in [2.05, 4.69) is 23.7 Å². The highest BCUT2D eigenvalue weighted by Crippen LogP contribution is 2.40. The molecule has 0 saturated carbocycles. The molecule has 1 heterocycles. The van der Waals surface area contributed by atoms with Crippen molar-refractivity contribution in [2.45, 2.75) is 30.2 Å². The lowest BCUT2D eigenvalue weighted by atomic mass is 10.0. The first-order valence-electron chi connectivity index (χ1n) is 6.31. The van der Waals surface area contributed by atoms with Crippen molar-refractivity contribution in [1.29, 1.82) is 0 Å². The van der Waals surface area contributed by atoms with Crippen LogP contribution in [0.1, 0.15) is 18.4 Å². The van der Waals surface area contributed by atoms with E-state index in [9.17, 15) is 0 Å². The number of methoxy groups -OCH3 is 2. The monoisotopic (exact) mass is 267 g/mol. The maximum Gasteiger partial charge on any atom is 0.174 e. The molecule has 0 aromatic heterocycles. The number of benzene rings is 1. The second-order valence-electron chi connectivity index (χ2n) is 4.49. The summed E-state index contributed by atoms with van der Waals surface area (Å²) in [5.74, 6) is 1.75. The van der Waals surface area contributed by atoms with Crippen molar-refractivity contribution < 1.29 is 9.47 Å². The van der Waals surface area contributed by atoms with Gasteiger partial charge >= 0.3 is 0 Å². The SMILES string of the molecule is COc1c(CC2CCCN2)ccc(SC)c1OC. The minimum Gasteiger partial charge on any atom is -0.493 e. The van der Waals surface area contributed by atoms with E-state index in [0.29, 0.717) is 6.04 Å². The summed E-state index contributed by atoms with van der Waals surface area (Å²) in [7, 11) is 3.42. The molecular formula is C14H21NO2S. The van der Waals surface area contributed by atoms with Crippen molar-refractivity contribution >= 4 is 11.8 Å². The van der Waals surface area contributed by atoms with Gasteiger partial charge in [0.15, 0.2) is 11.5 Å². The molecular weight excluding hydrogens is 246 g/mol. The van der Waals surface area contributed by atoms with E-state index in [0.717, 1.165) is 29.4 Å². The van der Waals surface area contributed by atoms with Crippen LogP contribution in [0.2, 0.25) is 0 Å². The van der Waals surface area contributed by atoms with Gasteiger partial charge in [-0.15, -0.1) is 11.8 Å². The second kappa shape index (κ2) is 6.34. The summed E-state index contributed by atoms with van der Waals surface area (Å²) < 4.78 is 11.1. The molecule has 0 aliphatic carbocycles. The van der Waals surface area contributed by atoms with Crippen LogP contribution in [0.4, 0.5) is 0 Å². The second-order valence-corrected chi connectivity index (χ2v) is 5.34. The molecule has 1 aliphatic heterocycles. The standard InChI is InChI=1S/C14H21NO2S/c1-16-13-10(9-11-5-4-8-15-11)6-7-12(18-3)14(13)17-2/h6-7,11,15H,4-5,8-9H2,1-3H3. The third kappa shape index (κ3) is 2.75. The number of hydrogen-bond donors (Lipinski definition) is 1. The first-order chi connectivity index (χ1) is 8.80. The van der Waals surface area contributed by atoms with Gasteiger partial charge in [-0.25, -0.2) is 0 Å². The van der Waals surface area contributed by atoms with Gasteiger partial charge in [-0.3, -0.25) is 0 Å². The Kier molecular flexibility index (Phi) is 4.78. The number of nitrogens with one attached hydrogen (secondary N) is 1. The number of rotatable bonds is 5. The molecule has 18 heavy (non-hydrogen) atoms. The summed E-state index contributed by atoms with van der Waals surface area (Å²) in [5, 5.41) is 3.52. The topological polar surface area (TPSA) is 30.5 Å². The van der Waals surface area contributed by atoms with E-state index in [-0.39, 0.29) is 0 Å². The van der Waals surface area contributed by atoms with Crippen LogP contribution in [0.25, 0.3) is 0 Å². The highest BCUT2D eigenvalue weighted by molar-refractivity contribution is 7.98. The molecule has 4 heteroatoms.